The molecule has 2 aliphatic heterocycles. The number of rotatable bonds is 3. The number of pyridine rings is 1. The Hall–Kier alpha value is -2.36. The molecule has 0 saturated carbocycles. The Morgan fingerprint density at radius 1 is 1.28 bits per heavy atom. The second-order valence-electron chi connectivity index (χ2n) is 6.34. The van der Waals surface area contributed by atoms with Crippen LogP contribution in [0.25, 0.3) is 10.9 Å². The molecule has 130 valence electrons. The summed E-state index contributed by atoms with van der Waals surface area (Å²) in [5, 5.41) is 10.5. The molecular formula is C19H21N3O3. The highest BCUT2D eigenvalue weighted by atomic mass is 16.7. The molecule has 0 N–H and O–H groups in total. The fourth-order valence-corrected chi connectivity index (χ4v) is 3.69. The molecule has 0 aliphatic carbocycles. The summed E-state index contributed by atoms with van der Waals surface area (Å²) in [5.74, 6) is 0.367. The van der Waals surface area contributed by atoms with E-state index in [1.807, 2.05) is 25.1 Å². The van der Waals surface area contributed by atoms with Gasteiger partial charge < -0.3 is 19.1 Å². The molecule has 0 amide bonds. The van der Waals surface area contributed by atoms with Crippen molar-refractivity contribution in [3.8, 4) is 11.8 Å². The Balaban J connectivity index is 1.72. The molecule has 2 aromatic rings. The van der Waals surface area contributed by atoms with Crippen molar-refractivity contribution < 1.29 is 14.2 Å². The zero-order valence-electron chi connectivity index (χ0n) is 14.3. The van der Waals surface area contributed by atoms with Gasteiger partial charge in [0.2, 0.25) is 0 Å². The third-order valence-corrected chi connectivity index (χ3v) is 4.90. The van der Waals surface area contributed by atoms with E-state index >= 15 is 0 Å². The lowest BCUT2D eigenvalue weighted by Crippen LogP contribution is -2.45. The first kappa shape index (κ1) is 16.1. The third kappa shape index (κ3) is 2.90. The van der Waals surface area contributed by atoms with Crippen LogP contribution in [0, 0.1) is 11.3 Å². The van der Waals surface area contributed by atoms with Crippen molar-refractivity contribution in [2.24, 2.45) is 0 Å². The molecule has 1 aromatic heterocycles. The van der Waals surface area contributed by atoms with E-state index in [4.69, 9.17) is 14.2 Å². The monoisotopic (exact) mass is 339 g/mol. The second-order valence-corrected chi connectivity index (χ2v) is 6.34. The maximum atomic E-state index is 9.59. The van der Waals surface area contributed by atoms with E-state index in [2.05, 4.69) is 16.0 Å². The zero-order valence-corrected chi connectivity index (χ0v) is 14.3. The van der Waals surface area contributed by atoms with Gasteiger partial charge >= 0.3 is 0 Å². The molecule has 0 radical (unpaired) electrons. The van der Waals surface area contributed by atoms with Gasteiger partial charge in [0.1, 0.15) is 11.8 Å². The minimum atomic E-state index is -0.428. The lowest BCUT2D eigenvalue weighted by atomic mass is 10.0. The number of anilines is 1. The standard InChI is InChI=1S/C19H21N3O3/c1-2-23-15-3-4-17-16(11-15)18(14(12-20)13-21-17)22-7-5-19(6-8-22)24-9-10-25-19/h3-4,11,13H,2,5-10H2,1H3. The Morgan fingerprint density at radius 2 is 2.04 bits per heavy atom. The summed E-state index contributed by atoms with van der Waals surface area (Å²) in [6.07, 6.45) is 3.25. The van der Waals surface area contributed by atoms with Crippen LogP contribution in [0.4, 0.5) is 5.69 Å². The molecule has 4 rings (SSSR count). The quantitative estimate of drug-likeness (QED) is 0.856. The van der Waals surface area contributed by atoms with Crippen LogP contribution >= 0.6 is 0 Å². The molecule has 2 aliphatic rings. The van der Waals surface area contributed by atoms with Crippen LogP contribution in [0.2, 0.25) is 0 Å². The molecule has 1 aromatic carbocycles. The fourth-order valence-electron chi connectivity index (χ4n) is 3.69. The van der Waals surface area contributed by atoms with Gasteiger partial charge in [0.05, 0.1) is 36.6 Å². The van der Waals surface area contributed by atoms with Crippen LogP contribution in [0.3, 0.4) is 0 Å². The Bertz CT molecular complexity index is 815. The molecule has 6 heteroatoms. The number of ether oxygens (including phenoxy) is 3. The summed E-state index contributed by atoms with van der Waals surface area (Å²) in [5.41, 5.74) is 2.39. The molecule has 25 heavy (non-hydrogen) atoms. The van der Waals surface area contributed by atoms with Gasteiger partial charge in [-0.25, -0.2) is 0 Å². The largest absolute Gasteiger partial charge is 0.494 e. The number of fused-ring (bicyclic) bond motifs is 1. The normalized spacial score (nSPS) is 19.3. The minimum absolute atomic E-state index is 0.428. The maximum Gasteiger partial charge on any atom is 0.171 e. The van der Waals surface area contributed by atoms with Crippen LogP contribution in [-0.4, -0.2) is 43.7 Å². The summed E-state index contributed by atoms with van der Waals surface area (Å²) < 4.78 is 17.3. The van der Waals surface area contributed by atoms with E-state index in [9.17, 15) is 5.26 Å². The molecule has 2 fully saturated rings. The number of nitriles is 1. The SMILES string of the molecule is CCOc1ccc2ncc(C#N)c(N3CCC4(CC3)OCCO4)c2c1. The average Bonchev–Trinajstić information content (AvgIpc) is 3.10. The van der Waals surface area contributed by atoms with E-state index in [1.54, 1.807) is 6.20 Å². The number of hydrogen-bond donors (Lipinski definition) is 0. The second kappa shape index (κ2) is 6.51. The number of nitrogens with zero attached hydrogens (tertiary/aromatic N) is 3. The molecule has 6 nitrogen and oxygen atoms in total. The third-order valence-electron chi connectivity index (χ3n) is 4.90. The molecule has 2 saturated heterocycles. The topological polar surface area (TPSA) is 67.6 Å². The maximum absolute atomic E-state index is 9.59. The van der Waals surface area contributed by atoms with E-state index in [-0.39, 0.29) is 0 Å². The predicted octanol–water partition coefficient (Wildman–Crippen LogP) is 2.85. The van der Waals surface area contributed by atoms with Crippen molar-refractivity contribution in [3.63, 3.8) is 0 Å². The van der Waals surface area contributed by atoms with E-state index in [0.29, 0.717) is 25.4 Å². The highest BCUT2D eigenvalue weighted by Crippen LogP contribution is 2.37. The van der Waals surface area contributed by atoms with Gasteiger partial charge in [-0.2, -0.15) is 5.26 Å². The minimum Gasteiger partial charge on any atom is -0.494 e. The Kier molecular flexibility index (Phi) is 4.20. The average molecular weight is 339 g/mol. The number of piperidine rings is 1. The highest BCUT2D eigenvalue weighted by Gasteiger charge is 2.40. The van der Waals surface area contributed by atoms with Gasteiger partial charge in [-0.05, 0) is 25.1 Å². The van der Waals surface area contributed by atoms with Gasteiger partial charge in [0.15, 0.2) is 5.79 Å². The zero-order chi connectivity index (χ0) is 17.3. The summed E-state index contributed by atoms with van der Waals surface area (Å²) in [6, 6.07) is 8.13. The number of hydrogen-bond acceptors (Lipinski definition) is 6. The molecule has 3 heterocycles. The van der Waals surface area contributed by atoms with Crippen LogP contribution in [0.1, 0.15) is 25.3 Å². The van der Waals surface area contributed by atoms with Crippen molar-refractivity contribution in [3.05, 3.63) is 30.0 Å². The molecule has 0 atom stereocenters. The highest BCUT2D eigenvalue weighted by molar-refractivity contribution is 5.95. The van der Waals surface area contributed by atoms with Crippen molar-refractivity contribution in [1.29, 1.82) is 5.26 Å². The summed E-state index contributed by atoms with van der Waals surface area (Å²) in [4.78, 5) is 6.67. The molecule has 0 unspecified atom stereocenters. The lowest BCUT2D eigenvalue weighted by Gasteiger charge is -2.39. The van der Waals surface area contributed by atoms with Crippen LogP contribution in [0.15, 0.2) is 24.4 Å². The van der Waals surface area contributed by atoms with Gasteiger partial charge in [-0.15, -0.1) is 0 Å². The fraction of sp³-hybridized carbons (Fsp3) is 0.474. The number of benzene rings is 1. The first-order chi connectivity index (χ1) is 12.2. The molecule has 1 spiro atoms. The first-order valence-corrected chi connectivity index (χ1v) is 8.73. The summed E-state index contributed by atoms with van der Waals surface area (Å²) >= 11 is 0. The Morgan fingerprint density at radius 3 is 2.72 bits per heavy atom. The van der Waals surface area contributed by atoms with Crippen molar-refractivity contribution >= 4 is 16.6 Å². The van der Waals surface area contributed by atoms with E-state index in [0.717, 1.165) is 48.3 Å². The van der Waals surface area contributed by atoms with Crippen LogP contribution in [0.5, 0.6) is 5.75 Å². The molecule has 0 bridgehead atoms. The van der Waals surface area contributed by atoms with Gasteiger partial charge in [-0.3, -0.25) is 4.98 Å². The van der Waals surface area contributed by atoms with Crippen molar-refractivity contribution in [2.75, 3.05) is 37.8 Å². The van der Waals surface area contributed by atoms with Crippen molar-refractivity contribution in [1.82, 2.24) is 4.98 Å². The smallest absolute Gasteiger partial charge is 0.171 e. The van der Waals surface area contributed by atoms with Crippen molar-refractivity contribution in [2.45, 2.75) is 25.6 Å². The predicted molar refractivity (Wildman–Crippen MR) is 93.7 cm³/mol. The van der Waals surface area contributed by atoms with E-state index in [1.165, 1.54) is 0 Å². The van der Waals surface area contributed by atoms with Crippen LogP contribution in [-0.2, 0) is 9.47 Å². The Labute approximate surface area is 146 Å². The molecular weight excluding hydrogens is 318 g/mol. The van der Waals surface area contributed by atoms with E-state index < -0.39 is 5.79 Å². The van der Waals surface area contributed by atoms with Gasteiger partial charge in [0, 0.05) is 37.5 Å². The first-order valence-electron chi connectivity index (χ1n) is 8.73. The van der Waals surface area contributed by atoms with Gasteiger partial charge in [-0.1, -0.05) is 0 Å². The number of aromatic nitrogens is 1. The van der Waals surface area contributed by atoms with Gasteiger partial charge in [0.25, 0.3) is 0 Å². The lowest BCUT2D eigenvalue weighted by molar-refractivity contribution is -0.169. The van der Waals surface area contributed by atoms with Crippen LogP contribution < -0.4 is 9.64 Å². The summed E-state index contributed by atoms with van der Waals surface area (Å²) in [7, 11) is 0. The summed E-state index contributed by atoms with van der Waals surface area (Å²) in [6.45, 7) is 5.46.